The van der Waals surface area contributed by atoms with Gasteiger partial charge in [0, 0.05) is 5.82 Å². The first-order valence-corrected chi connectivity index (χ1v) is 2.56. The van der Waals surface area contributed by atoms with Crippen molar-refractivity contribution in [1.29, 1.82) is 0 Å². The highest BCUT2D eigenvalue weighted by atomic mass is 19.1. The van der Waals surface area contributed by atoms with Crippen LogP contribution >= 0.6 is 0 Å². The molecule has 0 aliphatic rings. The summed E-state index contributed by atoms with van der Waals surface area (Å²) >= 11 is 0. The van der Waals surface area contributed by atoms with Crippen molar-refractivity contribution < 1.29 is 14.4 Å². The second kappa shape index (κ2) is 3.04. The van der Waals surface area contributed by atoms with Gasteiger partial charge in [-0.2, -0.15) is 0 Å². The van der Waals surface area contributed by atoms with E-state index in [9.17, 15) is 4.39 Å². The molecular weight excluding hydrogens is 110 g/mol. The summed E-state index contributed by atoms with van der Waals surface area (Å²) < 4.78 is 12.0. The second-order valence-electron chi connectivity index (χ2n) is 1.95. The first kappa shape index (κ1) is 7.91. The molecule has 48 valence electrons. The van der Waals surface area contributed by atoms with Crippen molar-refractivity contribution in [3.8, 4) is 0 Å². The Bertz CT molecular complexity index is 59.1. The molecule has 0 saturated carbocycles. The van der Waals surface area contributed by atoms with Crippen LogP contribution in [0.2, 0.25) is 5.82 Å². The Kier molecular flexibility index (Phi) is 3.01. The molecule has 2 N–H and O–H groups in total. The van der Waals surface area contributed by atoms with Crippen LogP contribution in [-0.4, -0.2) is 23.3 Å². The topological polar surface area (TPSA) is 40.5 Å². The fourth-order valence-electron chi connectivity index (χ4n) is 0.237. The van der Waals surface area contributed by atoms with Crippen LogP contribution in [0.4, 0.5) is 4.39 Å². The minimum atomic E-state index is -1.53. The Morgan fingerprint density at radius 2 is 1.75 bits per heavy atom. The lowest BCUT2D eigenvalue weighted by atomic mass is 9.72. The second-order valence-corrected chi connectivity index (χ2v) is 1.95. The molecule has 0 fully saturated rings. The van der Waals surface area contributed by atoms with Crippen molar-refractivity contribution in [2.24, 2.45) is 0 Å². The van der Waals surface area contributed by atoms with E-state index in [1.54, 1.807) is 0 Å². The van der Waals surface area contributed by atoms with E-state index in [1.807, 2.05) is 0 Å². The van der Waals surface area contributed by atoms with Crippen molar-refractivity contribution in [2.45, 2.75) is 25.8 Å². The van der Waals surface area contributed by atoms with Gasteiger partial charge in [0.1, 0.15) is 0 Å². The summed E-state index contributed by atoms with van der Waals surface area (Å²) in [6.45, 7) is 2.74. The van der Waals surface area contributed by atoms with Crippen LogP contribution in [0.15, 0.2) is 0 Å². The predicted molar refractivity (Wildman–Crippen MR) is 30.2 cm³/mol. The molecule has 0 spiro atoms. The molecule has 0 aromatic carbocycles. The first-order valence-electron chi connectivity index (χ1n) is 2.56. The van der Waals surface area contributed by atoms with Crippen molar-refractivity contribution in [3.05, 3.63) is 0 Å². The van der Waals surface area contributed by atoms with Crippen molar-refractivity contribution in [3.63, 3.8) is 0 Å². The average Bonchev–Trinajstić information content (AvgIpc) is 1.64. The van der Waals surface area contributed by atoms with Crippen molar-refractivity contribution in [1.82, 2.24) is 0 Å². The molecule has 2 atom stereocenters. The number of alkyl halides is 1. The molecule has 0 aromatic heterocycles. The van der Waals surface area contributed by atoms with Crippen LogP contribution in [-0.2, 0) is 0 Å². The maximum absolute atomic E-state index is 12.0. The van der Waals surface area contributed by atoms with Gasteiger partial charge in [-0.1, -0.05) is 6.92 Å². The molecule has 0 aliphatic carbocycles. The molecule has 0 bridgehead atoms. The van der Waals surface area contributed by atoms with Crippen molar-refractivity contribution in [2.75, 3.05) is 0 Å². The van der Waals surface area contributed by atoms with Gasteiger partial charge in [-0.15, -0.1) is 0 Å². The molecule has 8 heavy (non-hydrogen) atoms. The zero-order valence-electron chi connectivity index (χ0n) is 5.00. The number of hydrogen-bond acceptors (Lipinski definition) is 2. The van der Waals surface area contributed by atoms with Crippen LogP contribution in [0, 0.1) is 0 Å². The van der Waals surface area contributed by atoms with Crippen LogP contribution in [0.1, 0.15) is 13.8 Å². The van der Waals surface area contributed by atoms with E-state index in [2.05, 4.69) is 0 Å². The molecule has 0 amide bonds. The summed E-state index contributed by atoms with van der Waals surface area (Å²) in [6, 6.07) is 0. The molecular formula is C4H10BFO2. The monoisotopic (exact) mass is 120 g/mol. The van der Waals surface area contributed by atoms with Gasteiger partial charge in [0.2, 0.25) is 0 Å². The zero-order chi connectivity index (χ0) is 6.73. The van der Waals surface area contributed by atoms with E-state index in [4.69, 9.17) is 10.0 Å². The number of halogens is 1. The third-order valence-electron chi connectivity index (χ3n) is 1.19. The lowest BCUT2D eigenvalue weighted by Gasteiger charge is -2.09. The van der Waals surface area contributed by atoms with E-state index in [0.717, 1.165) is 0 Å². The van der Waals surface area contributed by atoms with Crippen LogP contribution in [0.5, 0.6) is 0 Å². The number of hydrogen-bond donors (Lipinski definition) is 2. The largest absolute Gasteiger partial charge is 0.457 e. The van der Waals surface area contributed by atoms with E-state index in [0.29, 0.717) is 0 Å². The Labute approximate surface area is 48.5 Å². The summed E-state index contributed by atoms with van der Waals surface area (Å²) in [4.78, 5) is 0. The number of rotatable bonds is 2. The summed E-state index contributed by atoms with van der Waals surface area (Å²) in [5, 5.41) is 16.6. The van der Waals surface area contributed by atoms with Gasteiger partial charge < -0.3 is 10.0 Å². The smallest absolute Gasteiger partial charge is 0.427 e. The Balaban J connectivity index is 3.46. The maximum atomic E-state index is 12.0. The first-order chi connectivity index (χ1) is 3.55. The molecule has 4 heteroatoms. The summed E-state index contributed by atoms with van der Waals surface area (Å²) in [5.41, 5.74) is 0. The summed E-state index contributed by atoms with van der Waals surface area (Å²) in [5.74, 6) is -0.685. The van der Waals surface area contributed by atoms with E-state index >= 15 is 0 Å². The highest BCUT2D eigenvalue weighted by molar-refractivity contribution is 6.43. The molecule has 0 heterocycles. The van der Waals surface area contributed by atoms with Gasteiger partial charge in [-0.3, -0.25) is 0 Å². The van der Waals surface area contributed by atoms with Gasteiger partial charge >= 0.3 is 7.12 Å². The van der Waals surface area contributed by atoms with E-state index in [1.165, 1.54) is 13.8 Å². The highest BCUT2D eigenvalue weighted by Gasteiger charge is 2.23. The predicted octanol–water partition coefficient (Wildman–Crippen LogP) is 0.207. The quantitative estimate of drug-likeness (QED) is 0.511. The molecule has 0 rings (SSSR count). The molecule has 2 nitrogen and oxygen atoms in total. The van der Waals surface area contributed by atoms with Crippen LogP contribution in [0.25, 0.3) is 0 Å². The summed E-state index contributed by atoms with van der Waals surface area (Å²) in [7, 11) is -1.53. The van der Waals surface area contributed by atoms with E-state index < -0.39 is 19.1 Å². The van der Waals surface area contributed by atoms with Crippen molar-refractivity contribution >= 4 is 7.12 Å². The molecule has 0 aliphatic heterocycles. The lowest BCUT2D eigenvalue weighted by Crippen LogP contribution is -2.23. The Morgan fingerprint density at radius 1 is 1.38 bits per heavy atom. The lowest BCUT2D eigenvalue weighted by molar-refractivity contribution is 0.299. The van der Waals surface area contributed by atoms with Crippen LogP contribution < -0.4 is 0 Å². The van der Waals surface area contributed by atoms with Gasteiger partial charge in [-0.05, 0) is 6.92 Å². The van der Waals surface area contributed by atoms with Crippen LogP contribution in [0.3, 0.4) is 0 Å². The molecule has 0 aromatic rings. The highest BCUT2D eigenvalue weighted by Crippen LogP contribution is 2.13. The Hall–Kier alpha value is -0.0851. The summed E-state index contributed by atoms with van der Waals surface area (Å²) in [6.07, 6.45) is -1.16. The minimum absolute atomic E-state index is 0.685. The molecule has 0 radical (unpaired) electrons. The average molecular weight is 120 g/mol. The normalized spacial score (nSPS) is 17.6. The zero-order valence-corrected chi connectivity index (χ0v) is 5.00. The minimum Gasteiger partial charge on any atom is -0.427 e. The van der Waals surface area contributed by atoms with Gasteiger partial charge in [0.15, 0.2) is 0 Å². The third-order valence-corrected chi connectivity index (χ3v) is 1.19. The third kappa shape index (κ3) is 2.28. The maximum Gasteiger partial charge on any atom is 0.457 e. The fraction of sp³-hybridized carbons (Fsp3) is 1.00. The van der Waals surface area contributed by atoms with Gasteiger partial charge in [0.05, 0.1) is 6.17 Å². The Morgan fingerprint density at radius 3 is 1.75 bits per heavy atom. The van der Waals surface area contributed by atoms with E-state index in [-0.39, 0.29) is 0 Å². The SMILES string of the molecule is CC(B(O)O)[C@@H](C)F. The molecule has 0 saturated heterocycles. The van der Waals surface area contributed by atoms with Gasteiger partial charge in [0.25, 0.3) is 0 Å². The standard InChI is InChI=1S/C4H10BFO2/c1-3(4(2)6)5(7)8/h3-4,7-8H,1-2H3/t3?,4-/m1/s1. The molecule has 1 unspecified atom stereocenters. The van der Waals surface area contributed by atoms with Gasteiger partial charge in [-0.25, -0.2) is 4.39 Å². The fourth-order valence-corrected chi connectivity index (χ4v) is 0.237.